The van der Waals surface area contributed by atoms with Crippen LogP contribution in [0.5, 0.6) is 5.75 Å². The first-order valence-electron chi connectivity index (χ1n) is 4.18. The summed E-state index contributed by atoms with van der Waals surface area (Å²) in [4.78, 5) is 14.0. The fourth-order valence-electron chi connectivity index (χ4n) is 1.37. The van der Waals surface area contributed by atoms with Crippen LogP contribution in [0.15, 0.2) is 27.5 Å². The molecule has 0 radical (unpaired) electrons. The fourth-order valence-corrected chi connectivity index (χ4v) is 1.92. The molecule has 0 aliphatic rings. The Balaban J connectivity index is 2.87. The van der Waals surface area contributed by atoms with Crippen LogP contribution in [-0.2, 0) is 0 Å². The highest BCUT2D eigenvalue weighted by atomic mass is 79.9. The largest absolute Gasteiger partial charge is 0.491 e. The van der Waals surface area contributed by atoms with Gasteiger partial charge < -0.3 is 9.72 Å². The summed E-state index contributed by atoms with van der Waals surface area (Å²) in [5.74, 6) is -0.205. The van der Waals surface area contributed by atoms with Gasteiger partial charge in [-0.05, 0) is 34.1 Å². The van der Waals surface area contributed by atoms with Crippen LogP contribution in [0.1, 0.15) is 0 Å². The van der Waals surface area contributed by atoms with Crippen molar-refractivity contribution in [3.63, 3.8) is 0 Å². The molecular formula is C10H7BrFNO2. The molecule has 0 fully saturated rings. The Morgan fingerprint density at radius 2 is 2.13 bits per heavy atom. The van der Waals surface area contributed by atoms with Gasteiger partial charge in [-0.2, -0.15) is 0 Å². The van der Waals surface area contributed by atoms with E-state index >= 15 is 0 Å². The predicted octanol–water partition coefficient (Wildman–Crippen LogP) is 2.44. The van der Waals surface area contributed by atoms with Crippen molar-refractivity contribution < 1.29 is 9.13 Å². The maximum absolute atomic E-state index is 13.1. The Kier molecular flexibility index (Phi) is 2.48. The molecule has 3 nitrogen and oxygen atoms in total. The number of fused-ring (bicyclic) bond motifs is 1. The van der Waals surface area contributed by atoms with Gasteiger partial charge in [0.1, 0.15) is 5.82 Å². The van der Waals surface area contributed by atoms with Crippen molar-refractivity contribution in [1.82, 2.24) is 4.98 Å². The van der Waals surface area contributed by atoms with Crippen LogP contribution in [0, 0.1) is 5.82 Å². The third-order valence-corrected chi connectivity index (χ3v) is 2.68. The number of ether oxygens (including phenoxy) is 1. The van der Waals surface area contributed by atoms with Crippen molar-refractivity contribution in [2.24, 2.45) is 0 Å². The molecule has 1 aromatic heterocycles. The number of methoxy groups -OCH3 is 1. The Bertz CT molecular complexity index is 579. The van der Waals surface area contributed by atoms with Gasteiger partial charge in [0.05, 0.1) is 12.6 Å². The first-order chi connectivity index (χ1) is 7.11. The molecule has 78 valence electrons. The Morgan fingerprint density at radius 1 is 1.40 bits per heavy atom. The van der Waals surface area contributed by atoms with Gasteiger partial charge in [0.25, 0.3) is 5.56 Å². The number of benzene rings is 1. The standard InChI is InChI=1S/C10H7BrFNO2/c1-15-8-3-5-2-6(12)4-7(11)9(5)13-10(8)14/h2-4H,1H3,(H,13,14). The number of H-pyrrole nitrogens is 1. The van der Waals surface area contributed by atoms with E-state index in [1.807, 2.05) is 0 Å². The molecule has 2 rings (SSSR count). The van der Waals surface area contributed by atoms with Crippen LogP contribution in [0.25, 0.3) is 10.9 Å². The Labute approximate surface area is 93.0 Å². The van der Waals surface area contributed by atoms with Crippen molar-refractivity contribution in [2.45, 2.75) is 0 Å². The SMILES string of the molecule is COc1cc2cc(F)cc(Br)c2[nH]c1=O. The van der Waals surface area contributed by atoms with Crippen LogP contribution in [0.2, 0.25) is 0 Å². The normalized spacial score (nSPS) is 10.6. The van der Waals surface area contributed by atoms with Crippen molar-refractivity contribution in [3.8, 4) is 5.75 Å². The molecule has 15 heavy (non-hydrogen) atoms. The lowest BCUT2D eigenvalue weighted by molar-refractivity contribution is 0.409. The summed E-state index contributed by atoms with van der Waals surface area (Å²) in [5, 5.41) is 0.582. The molecular weight excluding hydrogens is 265 g/mol. The minimum Gasteiger partial charge on any atom is -0.491 e. The third kappa shape index (κ3) is 1.74. The number of aromatic amines is 1. The van der Waals surface area contributed by atoms with E-state index in [-0.39, 0.29) is 17.1 Å². The van der Waals surface area contributed by atoms with Crippen molar-refractivity contribution in [2.75, 3.05) is 7.11 Å². The zero-order valence-electron chi connectivity index (χ0n) is 7.80. The summed E-state index contributed by atoms with van der Waals surface area (Å²) >= 11 is 3.18. The molecule has 1 N–H and O–H groups in total. The number of hydrogen-bond acceptors (Lipinski definition) is 2. The molecule has 1 aromatic carbocycles. The van der Waals surface area contributed by atoms with E-state index in [4.69, 9.17) is 4.74 Å². The Hall–Kier alpha value is -1.36. The summed E-state index contributed by atoms with van der Waals surface area (Å²) in [7, 11) is 1.39. The first-order valence-corrected chi connectivity index (χ1v) is 4.97. The van der Waals surface area contributed by atoms with Gasteiger partial charge in [-0.1, -0.05) is 0 Å². The van der Waals surface area contributed by atoms with Crippen LogP contribution in [0.3, 0.4) is 0 Å². The van der Waals surface area contributed by atoms with Gasteiger partial charge in [0.15, 0.2) is 5.75 Å². The van der Waals surface area contributed by atoms with Crippen LogP contribution < -0.4 is 10.3 Å². The molecule has 0 saturated carbocycles. The van der Waals surface area contributed by atoms with Crippen molar-refractivity contribution >= 4 is 26.8 Å². The molecule has 0 spiro atoms. The topological polar surface area (TPSA) is 42.1 Å². The second-order valence-electron chi connectivity index (χ2n) is 3.02. The van der Waals surface area contributed by atoms with Gasteiger partial charge in [-0.25, -0.2) is 4.39 Å². The summed E-state index contributed by atoms with van der Waals surface area (Å²) in [6.07, 6.45) is 0. The minimum atomic E-state index is -0.372. The molecule has 0 aliphatic carbocycles. The number of halogens is 2. The van der Waals surface area contributed by atoms with Crippen LogP contribution in [-0.4, -0.2) is 12.1 Å². The smallest absolute Gasteiger partial charge is 0.290 e. The predicted molar refractivity (Wildman–Crippen MR) is 58.8 cm³/mol. The first kappa shape index (κ1) is 10.2. The van der Waals surface area contributed by atoms with Gasteiger partial charge in [0, 0.05) is 9.86 Å². The van der Waals surface area contributed by atoms with E-state index in [0.29, 0.717) is 15.4 Å². The second-order valence-corrected chi connectivity index (χ2v) is 3.87. The lowest BCUT2D eigenvalue weighted by Gasteiger charge is -2.03. The van der Waals surface area contributed by atoms with Crippen molar-refractivity contribution in [1.29, 1.82) is 0 Å². The molecule has 2 aromatic rings. The van der Waals surface area contributed by atoms with E-state index in [0.717, 1.165) is 0 Å². The number of nitrogens with one attached hydrogen (secondary N) is 1. The summed E-state index contributed by atoms with van der Waals surface area (Å²) in [6, 6.07) is 4.13. The van der Waals surface area contributed by atoms with Gasteiger partial charge in [-0.15, -0.1) is 0 Å². The molecule has 1 heterocycles. The highest BCUT2D eigenvalue weighted by molar-refractivity contribution is 9.10. The lowest BCUT2D eigenvalue weighted by atomic mass is 10.2. The average Bonchev–Trinajstić information content (AvgIpc) is 2.18. The summed E-state index contributed by atoms with van der Waals surface area (Å²) < 4.78 is 18.4. The van der Waals surface area contributed by atoms with E-state index in [9.17, 15) is 9.18 Å². The molecule has 0 unspecified atom stereocenters. The molecule has 0 atom stereocenters. The monoisotopic (exact) mass is 271 g/mol. The number of rotatable bonds is 1. The van der Waals surface area contributed by atoms with E-state index < -0.39 is 0 Å². The zero-order valence-corrected chi connectivity index (χ0v) is 9.39. The van der Waals surface area contributed by atoms with Gasteiger partial charge in [0.2, 0.25) is 0 Å². The number of aromatic nitrogens is 1. The molecule has 0 saturated heterocycles. The van der Waals surface area contributed by atoms with Crippen LogP contribution in [0.4, 0.5) is 4.39 Å². The van der Waals surface area contributed by atoms with E-state index in [2.05, 4.69) is 20.9 Å². The van der Waals surface area contributed by atoms with E-state index in [1.165, 1.54) is 25.3 Å². The second kappa shape index (κ2) is 3.66. The average molecular weight is 272 g/mol. The quantitative estimate of drug-likeness (QED) is 0.866. The van der Waals surface area contributed by atoms with Gasteiger partial charge >= 0.3 is 0 Å². The number of hydrogen-bond donors (Lipinski definition) is 1. The highest BCUT2D eigenvalue weighted by Crippen LogP contribution is 2.24. The maximum atomic E-state index is 13.1. The highest BCUT2D eigenvalue weighted by Gasteiger charge is 2.06. The molecule has 0 aliphatic heterocycles. The van der Waals surface area contributed by atoms with Crippen molar-refractivity contribution in [3.05, 3.63) is 38.8 Å². The van der Waals surface area contributed by atoms with Crippen LogP contribution >= 0.6 is 15.9 Å². The lowest BCUT2D eigenvalue weighted by Crippen LogP contribution is -2.08. The Morgan fingerprint density at radius 3 is 2.80 bits per heavy atom. The number of pyridine rings is 1. The zero-order chi connectivity index (χ0) is 11.0. The fraction of sp³-hybridized carbons (Fsp3) is 0.100. The third-order valence-electron chi connectivity index (χ3n) is 2.05. The summed E-state index contributed by atoms with van der Waals surface area (Å²) in [5.41, 5.74) is 0.222. The maximum Gasteiger partial charge on any atom is 0.290 e. The van der Waals surface area contributed by atoms with E-state index in [1.54, 1.807) is 0 Å². The molecule has 5 heteroatoms. The molecule has 0 amide bonds. The molecule has 0 bridgehead atoms. The minimum absolute atomic E-state index is 0.167. The summed E-state index contributed by atoms with van der Waals surface area (Å²) in [6.45, 7) is 0. The van der Waals surface area contributed by atoms with Gasteiger partial charge in [-0.3, -0.25) is 4.79 Å².